The van der Waals surface area contributed by atoms with Crippen LogP contribution in [0.15, 0.2) is 108 Å². The summed E-state index contributed by atoms with van der Waals surface area (Å²) in [5.74, 6) is -1.24. The number of anilines is 1. The molecule has 1 N–H and O–H groups in total. The molecule has 0 aliphatic rings. The van der Waals surface area contributed by atoms with Gasteiger partial charge in [0, 0.05) is 19.5 Å². The fourth-order valence-corrected chi connectivity index (χ4v) is 6.64. The molecular weight excluding hydrogens is 686 g/mol. The molecule has 4 aromatic carbocycles. The number of alkyl halides is 3. The first kappa shape index (κ1) is 36.8. The zero-order valence-corrected chi connectivity index (χ0v) is 28.5. The van der Waals surface area contributed by atoms with Crippen molar-refractivity contribution in [2.45, 2.75) is 43.9 Å². The average Bonchev–Trinajstić information content (AvgIpc) is 3.06. The lowest BCUT2D eigenvalue weighted by Gasteiger charge is -2.34. The minimum atomic E-state index is -4.78. The summed E-state index contributed by atoms with van der Waals surface area (Å²) >= 11 is 12.4. The first-order valence-electron chi connectivity index (χ1n) is 15.0. The fraction of sp³-hybridized carbons (Fsp3) is 0.257. The molecule has 4 rings (SSSR count). The number of sulfonamides is 1. The van der Waals surface area contributed by atoms with Gasteiger partial charge in [0.05, 0.1) is 26.2 Å². The van der Waals surface area contributed by atoms with Gasteiger partial charge in [-0.15, -0.1) is 0 Å². The molecular formula is C35H34Cl2F3N3O4S. The van der Waals surface area contributed by atoms with Crippen LogP contribution in [-0.2, 0) is 38.8 Å². The van der Waals surface area contributed by atoms with Crippen LogP contribution in [-0.4, -0.2) is 44.3 Å². The lowest BCUT2D eigenvalue weighted by molar-refractivity contribution is -0.140. The van der Waals surface area contributed by atoms with E-state index in [2.05, 4.69) is 5.32 Å². The topological polar surface area (TPSA) is 86.8 Å². The molecule has 0 saturated heterocycles. The molecule has 0 spiro atoms. The third-order valence-corrected chi connectivity index (χ3v) is 9.89. The highest BCUT2D eigenvalue weighted by molar-refractivity contribution is 7.92. The number of halogens is 5. The summed E-state index contributed by atoms with van der Waals surface area (Å²) in [6.07, 6.45) is -4.72. The molecule has 0 bridgehead atoms. The van der Waals surface area contributed by atoms with Crippen LogP contribution in [0.3, 0.4) is 0 Å². The first-order valence-corrected chi connectivity index (χ1v) is 17.2. The van der Waals surface area contributed by atoms with Crippen molar-refractivity contribution in [2.24, 2.45) is 5.92 Å². The SMILES string of the molecule is CC(C)CNC(=O)[C@@H](Cc1ccccc1)N(Cc1ccc(Cl)c(Cl)c1)C(=O)CN(c1cccc(C(F)(F)F)c1)S(=O)(=O)c1ccccc1. The van der Waals surface area contributed by atoms with Crippen molar-refractivity contribution in [1.82, 2.24) is 10.2 Å². The number of nitrogens with zero attached hydrogens (tertiary/aromatic N) is 2. The van der Waals surface area contributed by atoms with E-state index in [0.717, 1.165) is 17.7 Å². The summed E-state index contributed by atoms with van der Waals surface area (Å²) in [5.41, 5.74) is -0.256. The van der Waals surface area contributed by atoms with Crippen molar-refractivity contribution < 1.29 is 31.2 Å². The second-order valence-corrected chi connectivity index (χ2v) is 14.2. The number of benzene rings is 4. The smallest absolute Gasteiger partial charge is 0.354 e. The quantitative estimate of drug-likeness (QED) is 0.154. The molecule has 0 saturated carbocycles. The molecule has 1 atom stereocenters. The lowest BCUT2D eigenvalue weighted by atomic mass is 10.0. The second kappa shape index (κ2) is 15.9. The largest absolute Gasteiger partial charge is 0.416 e. The molecule has 2 amide bonds. The van der Waals surface area contributed by atoms with Gasteiger partial charge in [0.25, 0.3) is 10.0 Å². The molecule has 4 aromatic rings. The predicted molar refractivity (Wildman–Crippen MR) is 181 cm³/mol. The van der Waals surface area contributed by atoms with Crippen LogP contribution < -0.4 is 9.62 Å². The zero-order chi connectivity index (χ0) is 35.1. The summed E-state index contributed by atoms with van der Waals surface area (Å²) in [4.78, 5) is 29.3. The highest BCUT2D eigenvalue weighted by Gasteiger charge is 2.36. The van der Waals surface area contributed by atoms with E-state index in [1.807, 2.05) is 13.8 Å². The van der Waals surface area contributed by atoms with E-state index >= 15 is 0 Å². The molecule has 13 heteroatoms. The second-order valence-electron chi connectivity index (χ2n) is 11.5. The van der Waals surface area contributed by atoms with E-state index in [9.17, 15) is 31.2 Å². The standard InChI is InChI=1S/C35H34Cl2F3N3O4S/c1-24(2)21-41-34(45)32(19-25-10-5-3-6-11-25)42(22-26-16-17-30(36)31(37)18-26)33(44)23-43(48(46,47)29-14-7-4-8-15-29)28-13-9-12-27(20-28)35(38,39)40/h3-18,20,24,32H,19,21-23H2,1-2H3,(H,41,45)/t32-/m1/s1. The Hall–Kier alpha value is -4.06. The van der Waals surface area contributed by atoms with Gasteiger partial charge in [0.1, 0.15) is 12.6 Å². The Morgan fingerprint density at radius 2 is 1.46 bits per heavy atom. The van der Waals surface area contributed by atoms with Gasteiger partial charge in [-0.25, -0.2) is 8.42 Å². The summed E-state index contributed by atoms with van der Waals surface area (Å²) in [6.45, 7) is 3.02. The summed E-state index contributed by atoms with van der Waals surface area (Å²) in [6, 6.07) is 23.3. The van der Waals surface area contributed by atoms with Crippen molar-refractivity contribution in [2.75, 3.05) is 17.4 Å². The summed E-state index contributed by atoms with van der Waals surface area (Å²) < 4.78 is 70.0. The monoisotopic (exact) mass is 719 g/mol. The van der Waals surface area contributed by atoms with E-state index in [-0.39, 0.29) is 39.5 Å². The molecule has 0 radical (unpaired) electrons. The van der Waals surface area contributed by atoms with Crippen molar-refractivity contribution in [3.8, 4) is 0 Å². The number of hydrogen-bond donors (Lipinski definition) is 1. The Morgan fingerprint density at radius 3 is 2.06 bits per heavy atom. The predicted octanol–water partition coefficient (Wildman–Crippen LogP) is 7.62. The molecule has 0 fully saturated rings. The molecule has 254 valence electrons. The highest BCUT2D eigenvalue weighted by atomic mass is 35.5. The third-order valence-electron chi connectivity index (χ3n) is 7.36. The maximum Gasteiger partial charge on any atom is 0.416 e. The van der Waals surface area contributed by atoms with Crippen LogP contribution in [0.25, 0.3) is 0 Å². The molecule has 0 unspecified atom stereocenters. The van der Waals surface area contributed by atoms with Crippen LogP contribution in [0, 0.1) is 5.92 Å². The highest BCUT2D eigenvalue weighted by Crippen LogP contribution is 2.33. The molecule has 7 nitrogen and oxygen atoms in total. The van der Waals surface area contributed by atoms with E-state index in [1.54, 1.807) is 42.5 Å². The number of carbonyl (C=O) groups is 2. The Labute approximate surface area is 288 Å². The number of amides is 2. The van der Waals surface area contributed by atoms with Crippen LogP contribution in [0.2, 0.25) is 10.0 Å². The van der Waals surface area contributed by atoms with Crippen LogP contribution in [0.4, 0.5) is 18.9 Å². The van der Waals surface area contributed by atoms with Gasteiger partial charge in [0.15, 0.2) is 0 Å². The maximum absolute atomic E-state index is 14.5. The summed E-state index contributed by atoms with van der Waals surface area (Å²) in [5, 5.41) is 3.33. The number of nitrogens with one attached hydrogen (secondary N) is 1. The van der Waals surface area contributed by atoms with Gasteiger partial charge < -0.3 is 10.2 Å². The number of carbonyl (C=O) groups excluding carboxylic acids is 2. The minimum absolute atomic E-state index is 0.0623. The van der Waals surface area contributed by atoms with Gasteiger partial charge >= 0.3 is 6.18 Å². The van der Waals surface area contributed by atoms with Gasteiger partial charge in [-0.3, -0.25) is 13.9 Å². The van der Waals surface area contributed by atoms with Crippen LogP contribution in [0.1, 0.15) is 30.5 Å². The molecule has 48 heavy (non-hydrogen) atoms. The molecule has 0 aromatic heterocycles. The number of hydrogen-bond acceptors (Lipinski definition) is 4. The Bertz CT molecular complexity index is 1830. The van der Waals surface area contributed by atoms with Crippen molar-refractivity contribution in [3.63, 3.8) is 0 Å². The normalized spacial score (nSPS) is 12.4. The van der Waals surface area contributed by atoms with Crippen molar-refractivity contribution in [3.05, 3.63) is 130 Å². The van der Waals surface area contributed by atoms with Crippen molar-refractivity contribution >= 4 is 50.7 Å². The maximum atomic E-state index is 14.5. The van der Waals surface area contributed by atoms with Gasteiger partial charge in [-0.2, -0.15) is 13.2 Å². The van der Waals surface area contributed by atoms with Crippen LogP contribution >= 0.6 is 23.2 Å². The Morgan fingerprint density at radius 1 is 0.812 bits per heavy atom. The Balaban J connectivity index is 1.84. The first-order chi connectivity index (χ1) is 22.7. The fourth-order valence-electron chi connectivity index (χ4n) is 4.90. The molecule has 0 heterocycles. The van der Waals surface area contributed by atoms with E-state index in [0.29, 0.717) is 22.5 Å². The zero-order valence-electron chi connectivity index (χ0n) is 26.1. The minimum Gasteiger partial charge on any atom is -0.354 e. The van der Waals surface area contributed by atoms with E-state index < -0.39 is 46.2 Å². The Kier molecular flexibility index (Phi) is 12.2. The lowest BCUT2D eigenvalue weighted by Crippen LogP contribution is -2.53. The van der Waals surface area contributed by atoms with E-state index in [4.69, 9.17) is 23.2 Å². The average molecular weight is 721 g/mol. The third kappa shape index (κ3) is 9.52. The molecule has 0 aliphatic carbocycles. The van der Waals surface area contributed by atoms with Crippen LogP contribution in [0.5, 0.6) is 0 Å². The van der Waals surface area contributed by atoms with Crippen molar-refractivity contribution in [1.29, 1.82) is 0 Å². The van der Waals surface area contributed by atoms with Gasteiger partial charge in [-0.1, -0.05) is 97.7 Å². The summed E-state index contributed by atoms with van der Waals surface area (Å²) in [7, 11) is -4.58. The van der Waals surface area contributed by atoms with E-state index in [1.165, 1.54) is 47.4 Å². The van der Waals surface area contributed by atoms with Gasteiger partial charge in [-0.05, 0) is 59.5 Å². The number of rotatable bonds is 13. The molecule has 0 aliphatic heterocycles. The van der Waals surface area contributed by atoms with Gasteiger partial charge in [0.2, 0.25) is 11.8 Å².